The molecule has 5 heteroatoms. The van der Waals surface area contributed by atoms with Crippen molar-refractivity contribution in [3.05, 3.63) is 59.7 Å². The Balaban J connectivity index is 1.36. The highest BCUT2D eigenvalue weighted by Crippen LogP contribution is 2.57. The molecule has 3 aliphatic rings. The van der Waals surface area contributed by atoms with Gasteiger partial charge in [-0.2, -0.15) is 0 Å². The Labute approximate surface area is 157 Å². The maximum Gasteiger partial charge on any atom is 0.410 e. The fourth-order valence-electron chi connectivity index (χ4n) is 4.89. The molecule has 1 heterocycles. The molecule has 2 aliphatic carbocycles. The first-order chi connectivity index (χ1) is 13.1. The summed E-state index contributed by atoms with van der Waals surface area (Å²) >= 11 is 0. The fourth-order valence-corrected chi connectivity index (χ4v) is 4.89. The Morgan fingerprint density at radius 3 is 2.15 bits per heavy atom. The molecule has 0 aromatic heterocycles. The van der Waals surface area contributed by atoms with Gasteiger partial charge in [0.1, 0.15) is 12.6 Å². The van der Waals surface area contributed by atoms with E-state index in [1.54, 1.807) is 0 Å². The van der Waals surface area contributed by atoms with Gasteiger partial charge in [-0.25, -0.2) is 9.59 Å². The average molecular weight is 363 g/mol. The molecule has 2 fully saturated rings. The number of carboxylic acid groups (broad SMARTS) is 1. The summed E-state index contributed by atoms with van der Waals surface area (Å²) in [4.78, 5) is 25.8. The number of hydrogen-bond donors (Lipinski definition) is 1. The number of aliphatic carboxylic acids is 1. The Morgan fingerprint density at radius 2 is 1.59 bits per heavy atom. The molecule has 138 valence electrons. The van der Waals surface area contributed by atoms with E-state index in [-0.39, 0.29) is 17.9 Å². The van der Waals surface area contributed by atoms with Gasteiger partial charge >= 0.3 is 12.1 Å². The Kier molecular flexibility index (Phi) is 3.54. The standard InChI is InChI=1S/C22H21NO4/c24-20(25)19-22(9-10-22)11-12-23(19)21(26)27-13-18-16-7-3-1-5-14(16)15-6-2-4-8-17(15)18/h1-8,18-19H,9-13H2,(H,24,25)/t19-/m1/s1. The molecular formula is C22H21NO4. The normalized spacial score (nSPS) is 21.8. The number of fused-ring (bicyclic) bond motifs is 3. The van der Waals surface area contributed by atoms with Crippen molar-refractivity contribution in [2.24, 2.45) is 5.41 Å². The van der Waals surface area contributed by atoms with E-state index in [1.165, 1.54) is 16.0 Å². The van der Waals surface area contributed by atoms with Crippen molar-refractivity contribution in [3.63, 3.8) is 0 Å². The molecule has 0 bridgehead atoms. The predicted molar refractivity (Wildman–Crippen MR) is 99.5 cm³/mol. The largest absolute Gasteiger partial charge is 0.480 e. The summed E-state index contributed by atoms with van der Waals surface area (Å²) in [5.41, 5.74) is 4.45. The van der Waals surface area contributed by atoms with Gasteiger partial charge in [0.05, 0.1) is 0 Å². The molecule has 1 atom stereocenters. The summed E-state index contributed by atoms with van der Waals surface area (Å²) in [6, 6.07) is 15.6. The van der Waals surface area contributed by atoms with E-state index in [2.05, 4.69) is 24.3 Å². The van der Waals surface area contributed by atoms with Gasteiger partial charge in [-0.1, -0.05) is 48.5 Å². The topological polar surface area (TPSA) is 66.8 Å². The maximum atomic E-state index is 12.7. The van der Waals surface area contributed by atoms with Crippen LogP contribution in [0.4, 0.5) is 4.79 Å². The van der Waals surface area contributed by atoms with Crippen molar-refractivity contribution in [1.29, 1.82) is 0 Å². The van der Waals surface area contributed by atoms with Gasteiger partial charge in [0.25, 0.3) is 0 Å². The van der Waals surface area contributed by atoms with Crippen LogP contribution in [0.5, 0.6) is 0 Å². The Bertz CT molecular complexity index is 888. The highest BCUT2D eigenvalue weighted by Gasteiger charge is 2.60. The van der Waals surface area contributed by atoms with Crippen LogP contribution in [0, 0.1) is 5.41 Å². The van der Waals surface area contributed by atoms with Crippen LogP contribution in [0.1, 0.15) is 36.3 Å². The van der Waals surface area contributed by atoms with E-state index in [1.807, 2.05) is 24.3 Å². The van der Waals surface area contributed by atoms with Crippen molar-refractivity contribution in [2.75, 3.05) is 13.2 Å². The minimum atomic E-state index is -0.918. The quantitative estimate of drug-likeness (QED) is 0.899. The fraction of sp³-hybridized carbons (Fsp3) is 0.364. The lowest BCUT2D eigenvalue weighted by atomic mass is 9.97. The molecule has 5 nitrogen and oxygen atoms in total. The van der Waals surface area contributed by atoms with E-state index in [0.29, 0.717) is 6.54 Å². The molecule has 1 amide bonds. The predicted octanol–water partition coefficient (Wildman–Crippen LogP) is 3.87. The van der Waals surface area contributed by atoms with Crippen LogP contribution in [0.2, 0.25) is 0 Å². The highest BCUT2D eigenvalue weighted by molar-refractivity contribution is 5.83. The van der Waals surface area contributed by atoms with E-state index in [4.69, 9.17) is 4.74 Å². The van der Waals surface area contributed by atoms with E-state index in [9.17, 15) is 14.7 Å². The molecule has 2 aromatic rings. The molecule has 1 spiro atoms. The van der Waals surface area contributed by atoms with Crippen LogP contribution < -0.4 is 0 Å². The Morgan fingerprint density at radius 1 is 1.00 bits per heavy atom. The van der Waals surface area contributed by atoms with Crippen molar-refractivity contribution in [2.45, 2.75) is 31.2 Å². The first-order valence-electron chi connectivity index (χ1n) is 9.45. The van der Waals surface area contributed by atoms with Crippen LogP contribution in [-0.4, -0.2) is 41.3 Å². The van der Waals surface area contributed by atoms with Crippen LogP contribution >= 0.6 is 0 Å². The van der Waals surface area contributed by atoms with Crippen molar-refractivity contribution < 1.29 is 19.4 Å². The van der Waals surface area contributed by atoms with Gasteiger partial charge in [-0.15, -0.1) is 0 Å². The lowest BCUT2D eigenvalue weighted by molar-refractivity contribution is -0.143. The smallest absolute Gasteiger partial charge is 0.410 e. The van der Waals surface area contributed by atoms with Crippen LogP contribution in [-0.2, 0) is 9.53 Å². The molecule has 0 unspecified atom stereocenters. The summed E-state index contributed by atoms with van der Waals surface area (Å²) in [5.74, 6) is -0.930. The third-order valence-electron chi connectivity index (χ3n) is 6.44. The zero-order valence-electron chi connectivity index (χ0n) is 14.9. The summed E-state index contributed by atoms with van der Waals surface area (Å²) in [6.07, 6.45) is 2.02. The Hall–Kier alpha value is -2.82. The molecule has 1 saturated carbocycles. The highest BCUT2D eigenvalue weighted by atomic mass is 16.6. The van der Waals surface area contributed by atoms with Crippen LogP contribution in [0.25, 0.3) is 11.1 Å². The summed E-state index contributed by atoms with van der Waals surface area (Å²) in [7, 11) is 0. The van der Waals surface area contributed by atoms with Gasteiger partial charge in [-0.05, 0) is 41.5 Å². The number of nitrogens with zero attached hydrogens (tertiary/aromatic N) is 1. The van der Waals surface area contributed by atoms with Gasteiger partial charge < -0.3 is 9.84 Å². The van der Waals surface area contributed by atoms with Crippen molar-refractivity contribution in [3.8, 4) is 11.1 Å². The second-order valence-corrected chi connectivity index (χ2v) is 7.85. The van der Waals surface area contributed by atoms with Crippen LogP contribution in [0.3, 0.4) is 0 Å². The van der Waals surface area contributed by atoms with Gasteiger partial charge in [0, 0.05) is 17.9 Å². The van der Waals surface area contributed by atoms with Gasteiger partial charge in [0.15, 0.2) is 0 Å². The number of amides is 1. The monoisotopic (exact) mass is 363 g/mol. The van der Waals surface area contributed by atoms with Crippen molar-refractivity contribution >= 4 is 12.1 Å². The SMILES string of the molecule is O=C(O)[C@H]1N(C(=O)OCC2c3ccccc3-c3ccccc32)CCC12CC2. The minimum Gasteiger partial charge on any atom is -0.480 e. The molecule has 2 aromatic carbocycles. The molecule has 5 rings (SSSR count). The molecular weight excluding hydrogens is 342 g/mol. The second kappa shape index (κ2) is 5.84. The minimum absolute atomic E-state index is 0.0119. The lowest BCUT2D eigenvalue weighted by Crippen LogP contribution is -2.44. The maximum absolute atomic E-state index is 12.7. The van der Waals surface area contributed by atoms with Gasteiger partial charge in [-0.3, -0.25) is 4.90 Å². The number of benzene rings is 2. The number of hydrogen-bond acceptors (Lipinski definition) is 3. The molecule has 1 saturated heterocycles. The molecule has 1 N–H and O–H groups in total. The average Bonchev–Trinajstić information content (AvgIpc) is 3.23. The number of carbonyl (C=O) groups excluding carboxylic acids is 1. The van der Waals surface area contributed by atoms with Gasteiger partial charge in [0.2, 0.25) is 0 Å². The summed E-state index contributed by atoms with van der Waals surface area (Å²) in [6.45, 7) is 0.691. The zero-order chi connectivity index (χ0) is 18.6. The molecule has 0 radical (unpaired) electrons. The second-order valence-electron chi connectivity index (χ2n) is 7.85. The number of likely N-dealkylation sites (tertiary alicyclic amines) is 1. The third-order valence-corrected chi connectivity index (χ3v) is 6.44. The zero-order valence-corrected chi connectivity index (χ0v) is 14.9. The van der Waals surface area contributed by atoms with Crippen molar-refractivity contribution in [1.82, 2.24) is 4.90 Å². The molecule has 1 aliphatic heterocycles. The summed E-state index contributed by atoms with van der Waals surface area (Å²) in [5, 5.41) is 9.60. The number of carbonyl (C=O) groups is 2. The third kappa shape index (κ3) is 2.45. The number of ether oxygens (including phenoxy) is 1. The van der Waals surface area contributed by atoms with Crippen LogP contribution in [0.15, 0.2) is 48.5 Å². The first kappa shape index (κ1) is 16.4. The van der Waals surface area contributed by atoms with E-state index >= 15 is 0 Å². The summed E-state index contributed by atoms with van der Waals surface area (Å²) < 4.78 is 5.65. The molecule has 27 heavy (non-hydrogen) atoms. The first-order valence-corrected chi connectivity index (χ1v) is 9.45. The van der Waals surface area contributed by atoms with E-state index in [0.717, 1.165) is 30.4 Å². The lowest BCUT2D eigenvalue weighted by Gasteiger charge is -2.25. The number of carboxylic acids is 1. The van der Waals surface area contributed by atoms with E-state index < -0.39 is 18.1 Å². The number of rotatable bonds is 3.